The number of halogens is 3. The summed E-state index contributed by atoms with van der Waals surface area (Å²) in [7, 11) is -5.52. The summed E-state index contributed by atoms with van der Waals surface area (Å²) >= 11 is -0.637. The molecule has 0 aromatic heterocycles. The molecule has 2 unspecified atom stereocenters. The molecule has 0 spiro atoms. The van der Waals surface area contributed by atoms with Gasteiger partial charge in [-0.3, -0.25) is 0 Å². The minimum absolute atomic E-state index is 0.0466. The van der Waals surface area contributed by atoms with Crippen molar-refractivity contribution in [2.24, 2.45) is 22.7 Å². The Morgan fingerprint density at radius 1 is 0.848 bits per heavy atom. The van der Waals surface area contributed by atoms with E-state index < -0.39 is 37.1 Å². The predicted octanol–water partition coefficient (Wildman–Crippen LogP) is 8.73. The van der Waals surface area contributed by atoms with Crippen molar-refractivity contribution in [2.45, 2.75) is 107 Å². The normalized spacial score (nSPS) is 22.0. The van der Waals surface area contributed by atoms with E-state index in [0.29, 0.717) is 24.2 Å². The average Bonchev–Trinajstić information content (AvgIpc) is 2.60. The van der Waals surface area contributed by atoms with Gasteiger partial charge >= 0.3 is 51.1 Å². The van der Waals surface area contributed by atoms with Gasteiger partial charge in [0.25, 0.3) is 0 Å². The van der Waals surface area contributed by atoms with Gasteiger partial charge in [0.1, 0.15) is 5.76 Å². The van der Waals surface area contributed by atoms with E-state index in [1.165, 1.54) is 25.3 Å². The standard InChI is InChI=1S/C11H17F3O3S.C11H20.3CH3.In/c1-10(2,3)8-4-6-9(7-5-8)17-18(15,16)11(12,13)14;1-9-5-7-10(8-6-9)11(2,3)4;;;;/h6,8H,4-5,7H2,1-3H3;5,10H,6-8H2,1-4H3;3*1H3;. The van der Waals surface area contributed by atoms with E-state index in [2.05, 4.69) is 52.0 Å². The van der Waals surface area contributed by atoms with Crippen LogP contribution >= 0.6 is 0 Å². The molecule has 0 saturated heterocycles. The van der Waals surface area contributed by atoms with Crippen molar-refractivity contribution >= 4 is 31.6 Å². The van der Waals surface area contributed by atoms with Crippen molar-refractivity contribution in [3.63, 3.8) is 0 Å². The van der Waals surface area contributed by atoms with Crippen LogP contribution in [-0.2, 0) is 14.3 Å². The summed E-state index contributed by atoms with van der Waals surface area (Å²) in [4.78, 5) is 0. The third-order valence-corrected chi connectivity index (χ3v) is 6.96. The van der Waals surface area contributed by atoms with Crippen LogP contribution in [0.5, 0.6) is 0 Å². The zero-order chi connectivity index (χ0) is 26.3. The molecule has 2 rings (SSSR count). The summed E-state index contributed by atoms with van der Waals surface area (Å²) in [6.07, 6.45) is 9.26. The quantitative estimate of drug-likeness (QED) is 0.181. The van der Waals surface area contributed by atoms with Gasteiger partial charge in [0.15, 0.2) is 0 Å². The molecule has 194 valence electrons. The third kappa shape index (κ3) is 13.5. The van der Waals surface area contributed by atoms with E-state index in [1.54, 1.807) is 5.57 Å². The van der Waals surface area contributed by atoms with Gasteiger partial charge in [-0.05, 0) is 67.8 Å². The van der Waals surface area contributed by atoms with E-state index in [-0.39, 0.29) is 17.6 Å². The van der Waals surface area contributed by atoms with E-state index in [1.807, 2.05) is 20.8 Å². The predicted molar refractivity (Wildman–Crippen MR) is 135 cm³/mol. The molecule has 3 nitrogen and oxygen atoms in total. The van der Waals surface area contributed by atoms with Crippen LogP contribution in [-0.4, -0.2) is 35.4 Å². The fraction of sp³-hybridized carbons (Fsp3) is 0.840. The van der Waals surface area contributed by atoms with Crippen LogP contribution in [0.4, 0.5) is 13.2 Å². The molecule has 0 aromatic rings. The van der Waals surface area contributed by atoms with Gasteiger partial charge in [-0.1, -0.05) is 53.2 Å². The van der Waals surface area contributed by atoms with E-state index in [4.69, 9.17) is 0 Å². The minimum atomic E-state index is -5.52. The third-order valence-electron chi connectivity index (χ3n) is 5.96. The fourth-order valence-corrected chi connectivity index (χ4v) is 4.14. The Hall–Kier alpha value is -0.110. The zero-order valence-corrected chi connectivity index (χ0v) is 26.5. The van der Waals surface area contributed by atoms with Gasteiger partial charge in [0, 0.05) is 6.42 Å². The topological polar surface area (TPSA) is 43.4 Å². The maximum atomic E-state index is 12.1. The van der Waals surface area contributed by atoms with Crippen LogP contribution in [0.15, 0.2) is 23.5 Å². The van der Waals surface area contributed by atoms with Crippen LogP contribution in [0.3, 0.4) is 0 Å². The Bertz CT molecular complexity index is 752. The van der Waals surface area contributed by atoms with Crippen molar-refractivity contribution in [2.75, 3.05) is 0 Å². The molecule has 0 radical (unpaired) electrons. The second-order valence-electron chi connectivity index (χ2n) is 12.1. The molecule has 33 heavy (non-hydrogen) atoms. The Labute approximate surface area is 209 Å². The Morgan fingerprint density at radius 2 is 1.24 bits per heavy atom. The molecule has 0 aromatic carbocycles. The summed E-state index contributed by atoms with van der Waals surface area (Å²) in [5.74, 6) is 1.12. The van der Waals surface area contributed by atoms with Crippen LogP contribution in [0.1, 0.15) is 87.0 Å². The van der Waals surface area contributed by atoms with Crippen LogP contribution < -0.4 is 0 Å². The Balaban J connectivity index is 0.000000577. The molecule has 0 bridgehead atoms. The summed E-state index contributed by atoms with van der Waals surface area (Å²) in [6, 6.07) is 0. The van der Waals surface area contributed by atoms with Gasteiger partial charge < -0.3 is 4.18 Å². The molecule has 0 saturated carbocycles. The molecule has 0 aliphatic heterocycles. The van der Waals surface area contributed by atoms with Crippen molar-refractivity contribution in [3.05, 3.63) is 23.5 Å². The SMILES string of the molecule is CC(C)(C)C1CC=C(OS(=O)(=O)C(F)(F)F)CC1.CC1=CCC(C(C)(C)C)CC1.[CH3][In]([CH3])[CH3]. The molecule has 0 amide bonds. The number of hydrogen-bond acceptors (Lipinski definition) is 3. The van der Waals surface area contributed by atoms with Crippen molar-refractivity contribution in [1.29, 1.82) is 0 Å². The van der Waals surface area contributed by atoms with E-state index in [0.717, 1.165) is 5.92 Å². The average molecular weight is 599 g/mol. The van der Waals surface area contributed by atoms with Gasteiger partial charge in [-0.15, -0.1) is 0 Å². The number of rotatable bonds is 2. The summed E-state index contributed by atoms with van der Waals surface area (Å²) in [5, 5.41) is 0. The number of allylic oxidation sites excluding steroid dienone is 4. The second-order valence-corrected chi connectivity index (χ2v) is 23.5. The van der Waals surface area contributed by atoms with Crippen LogP contribution in [0.2, 0.25) is 14.0 Å². The summed E-state index contributed by atoms with van der Waals surface area (Å²) < 4.78 is 69.2. The number of hydrogen-bond donors (Lipinski definition) is 0. The Kier molecular flexibility index (Phi) is 13.2. The van der Waals surface area contributed by atoms with E-state index in [9.17, 15) is 21.6 Å². The van der Waals surface area contributed by atoms with Crippen molar-refractivity contribution < 1.29 is 25.8 Å². The molecule has 2 aliphatic carbocycles. The first-order chi connectivity index (χ1) is 14.7. The van der Waals surface area contributed by atoms with E-state index >= 15 is 0 Å². The molecule has 2 atom stereocenters. The van der Waals surface area contributed by atoms with Crippen molar-refractivity contribution in [1.82, 2.24) is 0 Å². The first-order valence-corrected chi connectivity index (χ1v) is 23.3. The number of alkyl halides is 3. The molecular formula is C25H46F3InO3S. The van der Waals surface area contributed by atoms with Gasteiger partial charge in [0.05, 0.1) is 0 Å². The first kappa shape index (κ1) is 32.9. The zero-order valence-electron chi connectivity index (χ0n) is 22.4. The monoisotopic (exact) mass is 598 g/mol. The molecule has 2 aliphatic rings. The van der Waals surface area contributed by atoms with Crippen LogP contribution in [0, 0.1) is 22.7 Å². The molecule has 0 N–H and O–H groups in total. The Morgan fingerprint density at radius 3 is 1.52 bits per heavy atom. The molecular weight excluding hydrogens is 552 g/mol. The fourth-order valence-electron chi connectivity index (χ4n) is 3.61. The van der Waals surface area contributed by atoms with Crippen molar-refractivity contribution in [3.8, 4) is 0 Å². The van der Waals surface area contributed by atoms with Gasteiger partial charge in [-0.25, -0.2) is 0 Å². The van der Waals surface area contributed by atoms with Crippen LogP contribution in [0.25, 0.3) is 0 Å². The van der Waals surface area contributed by atoms with Gasteiger partial charge in [-0.2, -0.15) is 21.6 Å². The molecule has 0 heterocycles. The summed E-state index contributed by atoms with van der Waals surface area (Å²) in [5.41, 5.74) is -3.22. The maximum absolute atomic E-state index is 12.1. The molecule has 8 heteroatoms. The second kappa shape index (κ2) is 13.3. The first-order valence-electron chi connectivity index (χ1n) is 12.0. The molecule has 0 fully saturated rings. The van der Waals surface area contributed by atoms with Gasteiger partial charge in [0.2, 0.25) is 0 Å². The summed E-state index contributed by atoms with van der Waals surface area (Å²) in [6.45, 7) is 15.4.